The summed E-state index contributed by atoms with van der Waals surface area (Å²) in [4.78, 5) is 12.1. The fraction of sp³-hybridized carbons (Fsp3) is 0.500. The molecular formula is C26H33NO2. The molecule has 2 fully saturated rings. The van der Waals surface area contributed by atoms with Gasteiger partial charge in [-0.1, -0.05) is 74.0 Å². The summed E-state index contributed by atoms with van der Waals surface area (Å²) in [5.74, 6) is 1.26. The molecule has 1 amide bonds. The third-order valence-electron chi connectivity index (χ3n) is 7.00. The fourth-order valence-corrected chi connectivity index (χ4v) is 5.73. The second kappa shape index (κ2) is 8.31. The summed E-state index contributed by atoms with van der Waals surface area (Å²) in [6.45, 7) is 6.21. The smallest absolute Gasteiger partial charge is 0.217 e. The van der Waals surface area contributed by atoms with E-state index in [0.29, 0.717) is 11.8 Å². The van der Waals surface area contributed by atoms with E-state index in [4.69, 9.17) is 4.74 Å². The van der Waals surface area contributed by atoms with Gasteiger partial charge < -0.3 is 10.1 Å². The number of ether oxygens (including phenoxy) is 1. The van der Waals surface area contributed by atoms with Crippen LogP contribution in [0.3, 0.4) is 0 Å². The molecule has 4 rings (SSSR count). The first kappa shape index (κ1) is 20.2. The molecule has 3 nitrogen and oxygen atoms in total. The molecule has 1 aliphatic heterocycles. The summed E-state index contributed by atoms with van der Waals surface area (Å²) >= 11 is 0. The SMILES string of the molecule is CC(=O)N[C@]1(C)C[C@H](C(c2ccccc2)c2ccccc2)O[C@@H]2C[C@H](C)CC[C@H]21. The average molecular weight is 392 g/mol. The van der Waals surface area contributed by atoms with E-state index in [1.54, 1.807) is 6.92 Å². The monoisotopic (exact) mass is 391 g/mol. The van der Waals surface area contributed by atoms with Gasteiger partial charge in [0.2, 0.25) is 5.91 Å². The van der Waals surface area contributed by atoms with E-state index in [2.05, 4.69) is 79.8 Å². The third-order valence-corrected chi connectivity index (χ3v) is 7.00. The van der Waals surface area contributed by atoms with E-state index in [0.717, 1.165) is 19.3 Å². The van der Waals surface area contributed by atoms with E-state index in [1.165, 1.54) is 17.5 Å². The normalized spacial score (nSPS) is 31.9. The number of hydrogen-bond acceptors (Lipinski definition) is 2. The number of benzene rings is 2. The van der Waals surface area contributed by atoms with Crippen LogP contribution in [0.5, 0.6) is 0 Å². The lowest BCUT2D eigenvalue weighted by Crippen LogP contribution is -2.62. The Kier molecular flexibility index (Phi) is 5.78. The van der Waals surface area contributed by atoms with Crippen LogP contribution in [0.4, 0.5) is 0 Å². The van der Waals surface area contributed by atoms with Gasteiger partial charge in [0.1, 0.15) is 0 Å². The van der Waals surface area contributed by atoms with Crippen LogP contribution in [-0.4, -0.2) is 23.7 Å². The van der Waals surface area contributed by atoms with Crippen LogP contribution in [0.15, 0.2) is 60.7 Å². The molecule has 1 heterocycles. The van der Waals surface area contributed by atoms with Gasteiger partial charge in [-0.3, -0.25) is 4.79 Å². The minimum absolute atomic E-state index is 0.0307. The third kappa shape index (κ3) is 4.25. The van der Waals surface area contributed by atoms with Gasteiger partial charge in [0.05, 0.1) is 12.2 Å². The van der Waals surface area contributed by atoms with Crippen LogP contribution in [0.2, 0.25) is 0 Å². The first-order valence-corrected chi connectivity index (χ1v) is 11.0. The highest BCUT2D eigenvalue weighted by atomic mass is 16.5. The Bertz CT molecular complexity index is 782. The first-order chi connectivity index (χ1) is 14.0. The van der Waals surface area contributed by atoms with Crippen molar-refractivity contribution in [2.45, 2.75) is 70.1 Å². The standard InChI is InChI=1S/C26H33NO2/c1-18-14-15-22-23(16-18)29-24(17-26(22,3)27-19(2)28)25(20-10-6-4-7-11-20)21-12-8-5-9-13-21/h4-13,18,22-25H,14-17H2,1-3H3,(H,27,28)/t18-,22-,23-,24-,26-/m1/s1. The van der Waals surface area contributed by atoms with Crippen LogP contribution in [0, 0.1) is 11.8 Å². The minimum atomic E-state index is -0.235. The Balaban J connectivity index is 1.73. The van der Waals surface area contributed by atoms with Gasteiger partial charge in [-0.15, -0.1) is 0 Å². The zero-order chi connectivity index (χ0) is 20.4. The molecule has 0 aromatic heterocycles. The summed E-state index contributed by atoms with van der Waals surface area (Å²) < 4.78 is 6.86. The van der Waals surface area contributed by atoms with Crippen LogP contribution in [0.25, 0.3) is 0 Å². The maximum atomic E-state index is 12.1. The molecule has 5 atom stereocenters. The second-order valence-electron chi connectivity index (χ2n) is 9.34. The molecule has 1 N–H and O–H groups in total. The summed E-state index contributed by atoms with van der Waals surface area (Å²) in [5, 5.41) is 3.34. The molecule has 1 saturated carbocycles. The Hall–Kier alpha value is -2.13. The van der Waals surface area contributed by atoms with Crippen molar-refractivity contribution in [3.05, 3.63) is 71.8 Å². The summed E-state index contributed by atoms with van der Waals surface area (Å²) in [6, 6.07) is 21.3. The highest BCUT2D eigenvalue weighted by Gasteiger charge is 2.50. The number of amides is 1. The lowest BCUT2D eigenvalue weighted by atomic mass is 9.65. The quantitative estimate of drug-likeness (QED) is 0.767. The zero-order valence-corrected chi connectivity index (χ0v) is 17.8. The number of rotatable bonds is 4. The molecule has 0 bridgehead atoms. The van der Waals surface area contributed by atoms with Crippen molar-refractivity contribution in [1.29, 1.82) is 0 Å². The summed E-state index contributed by atoms with van der Waals surface area (Å²) in [5.41, 5.74) is 2.31. The molecule has 0 unspecified atom stereocenters. The van der Waals surface area contributed by atoms with Crippen molar-refractivity contribution in [1.82, 2.24) is 5.32 Å². The van der Waals surface area contributed by atoms with Crippen LogP contribution in [0.1, 0.15) is 63.5 Å². The number of hydrogen-bond donors (Lipinski definition) is 1. The van der Waals surface area contributed by atoms with Crippen molar-refractivity contribution >= 4 is 5.91 Å². The lowest BCUT2D eigenvalue weighted by Gasteiger charge is -2.53. The molecule has 29 heavy (non-hydrogen) atoms. The van der Waals surface area contributed by atoms with E-state index in [1.807, 2.05) is 0 Å². The Morgan fingerprint density at radius 1 is 1.03 bits per heavy atom. The van der Waals surface area contributed by atoms with E-state index < -0.39 is 0 Å². The molecule has 0 radical (unpaired) electrons. The molecule has 154 valence electrons. The predicted octanol–water partition coefficient (Wildman–Crippen LogP) is 5.31. The Morgan fingerprint density at radius 2 is 1.62 bits per heavy atom. The lowest BCUT2D eigenvalue weighted by molar-refractivity contribution is -0.154. The molecule has 1 saturated heterocycles. The van der Waals surface area contributed by atoms with Gasteiger partial charge in [0.25, 0.3) is 0 Å². The van der Waals surface area contributed by atoms with E-state index >= 15 is 0 Å². The molecule has 2 aliphatic rings. The summed E-state index contributed by atoms with van der Waals surface area (Å²) in [6.07, 6.45) is 4.47. The van der Waals surface area contributed by atoms with Gasteiger partial charge >= 0.3 is 0 Å². The maximum Gasteiger partial charge on any atom is 0.217 e. The van der Waals surface area contributed by atoms with Crippen LogP contribution < -0.4 is 5.32 Å². The Labute approximate surface area is 174 Å². The van der Waals surface area contributed by atoms with Crippen LogP contribution >= 0.6 is 0 Å². The van der Waals surface area contributed by atoms with Gasteiger partial charge in [-0.05, 0) is 43.2 Å². The fourth-order valence-electron chi connectivity index (χ4n) is 5.73. The zero-order valence-electron chi connectivity index (χ0n) is 17.8. The number of carbonyl (C=O) groups is 1. The van der Waals surface area contributed by atoms with Crippen molar-refractivity contribution in [2.24, 2.45) is 11.8 Å². The molecule has 3 heteroatoms. The van der Waals surface area contributed by atoms with E-state index in [-0.39, 0.29) is 29.6 Å². The molecule has 2 aromatic carbocycles. The maximum absolute atomic E-state index is 12.1. The van der Waals surface area contributed by atoms with Gasteiger partial charge in [-0.2, -0.15) is 0 Å². The van der Waals surface area contributed by atoms with Gasteiger partial charge in [0.15, 0.2) is 0 Å². The number of carbonyl (C=O) groups excluding carboxylic acids is 1. The van der Waals surface area contributed by atoms with Crippen LogP contribution in [-0.2, 0) is 9.53 Å². The number of fused-ring (bicyclic) bond motifs is 1. The minimum Gasteiger partial charge on any atom is -0.374 e. The largest absolute Gasteiger partial charge is 0.374 e. The molecule has 2 aromatic rings. The molecule has 0 spiro atoms. The number of nitrogens with one attached hydrogen (secondary N) is 1. The average Bonchev–Trinajstić information content (AvgIpc) is 2.69. The van der Waals surface area contributed by atoms with Crippen molar-refractivity contribution in [3.8, 4) is 0 Å². The first-order valence-electron chi connectivity index (χ1n) is 11.0. The van der Waals surface area contributed by atoms with Gasteiger partial charge in [0, 0.05) is 24.3 Å². The topological polar surface area (TPSA) is 38.3 Å². The summed E-state index contributed by atoms with van der Waals surface area (Å²) in [7, 11) is 0. The highest BCUT2D eigenvalue weighted by molar-refractivity contribution is 5.73. The Morgan fingerprint density at radius 3 is 2.17 bits per heavy atom. The highest BCUT2D eigenvalue weighted by Crippen LogP contribution is 2.47. The second-order valence-corrected chi connectivity index (χ2v) is 9.34. The van der Waals surface area contributed by atoms with Crippen molar-refractivity contribution < 1.29 is 9.53 Å². The molecule has 1 aliphatic carbocycles. The van der Waals surface area contributed by atoms with Gasteiger partial charge in [-0.25, -0.2) is 0 Å². The van der Waals surface area contributed by atoms with Crippen molar-refractivity contribution in [2.75, 3.05) is 0 Å². The molecular weight excluding hydrogens is 358 g/mol. The predicted molar refractivity (Wildman–Crippen MR) is 117 cm³/mol. The van der Waals surface area contributed by atoms with E-state index in [9.17, 15) is 4.79 Å². The van der Waals surface area contributed by atoms with Crippen molar-refractivity contribution in [3.63, 3.8) is 0 Å².